The van der Waals surface area contributed by atoms with Crippen molar-refractivity contribution in [3.05, 3.63) is 0 Å². The Morgan fingerprint density at radius 1 is 1.00 bits per heavy atom. The van der Waals surface area contributed by atoms with E-state index in [1.165, 1.54) is 25.7 Å². The van der Waals surface area contributed by atoms with Crippen molar-refractivity contribution in [3.8, 4) is 0 Å². The van der Waals surface area contributed by atoms with Gasteiger partial charge in [0, 0.05) is 0 Å². The van der Waals surface area contributed by atoms with Crippen LogP contribution in [0.5, 0.6) is 0 Å². The van der Waals surface area contributed by atoms with E-state index in [-0.39, 0.29) is 0 Å². The molecule has 0 aromatic heterocycles. The topological polar surface area (TPSA) is 9.23 Å². The van der Waals surface area contributed by atoms with Gasteiger partial charge in [0.25, 0.3) is 0 Å². The Kier molecular flexibility index (Phi) is 4.24. The Morgan fingerprint density at radius 2 is 1.54 bits per heavy atom. The third kappa shape index (κ3) is 3.68. The molecule has 1 fully saturated rings. The first-order chi connectivity index (χ1) is 6.09. The van der Waals surface area contributed by atoms with Crippen molar-refractivity contribution in [1.29, 1.82) is 0 Å². The van der Waals surface area contributed by atoms with Gasteiger partial charge < -0.3 is 4.74 Å². The van der Waals surface area contributed by atoms with E-state index in [1.807, 2.05) is 0 Å². The van der Waals surface area contributed by atoms with Crippen LogP contribution in [0.4, 0.5) is 0 Å². The molecule has 1 atom stereocenters. The van der Waals surface area contributed by atoms with Gasteiger partial charge in [-0.25, -0.2) is 0 Å². The van der Waals surface area contributed by atoms with Gasteiger partial charge in [0.05, 0.1) is 12.2 Å². The molecule has 78 valence electrons. The maximum Gasteiger partial charge on any atom is 0.0578 e. The molecule has 1 nitrogen and oxygen atoms in total. The van der Waals surface area contributed by atoms with Gasteiger partial charge in [0.15, 0.2) is 0 Å². The van der Waals surface area contributed by atoms with E-state index >= 15 is 0 Å². The Hall–Kier alpha value is -0.0400. The summed E-state index contributed by atoms with van der Waals surface area (Å²) < 4.78 is 5.82. The highest BCUT2D eigenvalue weighted by Gasteiger charge is 2.23. The van der Waals surface area contributed by atoms with Crippen molar-refractivity contribution in [2.75, 3.05) is 0 Å². The van der Waals surface area contributed by atoms with Gasteiger partial charge >= 0.3 is 0 Å². The average molecular weight is 184 g/mol. The first kappa shape index (κ1) is 11.0. The molecule has 0 aliphatic heterocycles. The molecule has 0 saturated heterocycles. The van der Waals surface area contributed by atoms with E-state index < -0.39 is 0 Å². The van der Waals surface area contributed by atoms with E-state index in [1.54, 1.807) is 0 Å². The van der Waals surface area contributed by atoms with Crippen molar-refractivity contribution in [2.24, 2.45) is 11.8 Å². The van der Waals surface area contributed by atoms with Gasteiger partial charge in [-0.2, -0.15) is 0 Å². The summed E-state index contributed by atoms with van der Waals surface area (Å²) in [6, 6.07) is 0. The lowest BCUT2D eigenvalue weighted by Crippen LogP contribution is -2.27. The van der Waals surface area contributed by atoms with Crippen LogP contribution in [0.25, 0.3) is 0 Å². The summed E-state index contributed by atoms with van der Waals surface area (Å²) in [6.07, 6.45) is 6.39. The molecule has 1 aliphatic carbocycles. The average Bonchev–Trinajstić information content (AvgIpc) is 2.04. The van der Waals surface area contributed by atoms with Crippen molar-refractivity contribution in [1.82, 2.24) is 0 Å². The lowest BCUT2D eigenvalue weighted by Gasteiger charge is -2.31. The molecule has 13 heavy (non-hydrogen) atoms. The van der Waals surface area contributed by atoms with E-state index in [9.17, 15) is 0 Å². The molecule has 0 bridgehead atoms. The van der Waals surface area contributed by atoms with Gasteiger partial charge in [-0.05, 0) is 45.4 Å². The first-order valence-corrected chi connectivity index (χ1v) is 5.75. The fourth-order valence-corrected chi connectivity index (χ4v) is 2.30. The monoisotopic (exact) mass is 184 g/mol. The van der Waals surface area contributed by atoms with Crippen LogP contribution >= 0.6 is 0 Å². The first-order valence-electron chi connectivity index (χ1n) is 5.75. The Bertz CT molecular complexity index is 134. The summed E-state index contributed by atoms with van der Waals surface area (Å²) in [5, 5.41) is 0. The molecular formula is C12H24O. The largest absolute Gasteiger partial charge is 0.376 e. The van der Waals surface area contributed by atoms with Gasteiger partial charge in [-0.3, -0.25) is 0 Å². The summed E-state index contributed by atoms with van der Waals surface area (Å²) in [5.74, 6) is 1.76. The molecule has 1 rings (SSSR count). The van der Waals surface area contributed by atoms with Crippen LogP contribution in [0, 0.1) is 11.8 Å². The van der Waals surface area contributed by atoms with Crippen LogP contribution in [0.15, 0.2) is 0 Å². The summed E-state index contributed by atoms with van der Waals surface area (Å²) in [7, 11) is 0. The molecule has 0 aromatic rings. The van der Waals surface area contributed by atoms with E-state index in [0.717, 1.165) is 11.8 Å². The Balaban J connectivity index is 2.27. The van der Waals surface area contributed by atoms with Crippen LogP contribution in [0.3, 0.4) is 0 Å². The van der Waals surface area contributed by atoms with Crippen molar-refractivity contribution >= 4 is 0 Å². The summed E-state index contributed by atoms with van der Waals surface area (Å²) in [4.78, 5) is 0. The Labute approximate surface area is 82.9 Å². The molecule has 0 amide bonds. The smallest absolute Gasteiger partial charge is 0.0578 e. The molecule has 1 aliphatic rings. The minimum absolute atomic E-state index is 0.384. The van der Waals surface area contributed by atoms with Crippen LogP contribution in [0.1, 0.15) is 53.4 Å². The number of ether oxygens (including phenoxy) is 1. The van der Waals surface area contributed by atoms with Gasteiger partial charge in [0.1, 0.15) is 0 Å². The Morgan fingerprint density at radius 3 is 2.00 bits per heavy atom. The molecular weight excluding hydrogens is 160 g/mol. The summed E-state index contributed by atoms with van der Waals surface area (Å²) in [5.41, 5.74) is 0. The van der Waals surface area contributed by atoms with Crippen molar-refractivity contribution in [3.63, 3.8) is 0 Å². The minimum Gasteiger partial charge on any atom is -0.376 e. The highest BCUT2D eigenvalue weighted by Crippen LogP contribution is 2.31. The zero-order valence-corrected chi connectivity index (χ0v) is 9.55. The molecule has 0 aromatic carbocycles. The van der Waals surface area contributed by atoms with Crippen LogP contribution in [-0.2, 0) is 4.74 Å². The number of rotatable bonds is 3. The van der Waals surface area contributed by atoms with Crippen molar-refractivity contribution in [2.45, 2.75) is 65.6 Å². The molecule has 0 N–H and O–H groups in total. The molecule has 0 unspecified atom stereocenters. The highest BCUT2D eigenvalue weighted by molar-refractivity contribution is 4.74. The third-order valence-corrected chi connectivity index (χ3v) is 3.21. The SMILES string of the molecule is CC1CCC([C@H](C)OC(C)C)CC1. The fraction of sp³-hybridized carbons (Fsp3) is 1.00. The minimum atomic E-state index is 0.384. The van der Waals surface area contributed by atoms with Gasteiger partial charge in [0.2, 0.25) is 0 Å². The normalized spacial score (nSPS) is 32.1. The zero-order valence-electron chi connectivity index (χ0n) is 9.55. The molecule has 0 spiro atoms. The number of hydrogen-bond acceptors (Lipinski definition) is 1. The second-order valence-electron chi connectivity index (χ2n) is 4.91. The molecule has 0 heterocycles. The van der Waals surface area contributed by atoms with E-state index in [2.05, 4.69) is 27.7 Å². The van der Waals surface area contributed by atoms with E-state index in [4.69, 9.17) is 4.74 Å². The highest BCUT2D eigenvalue weighted by atomic mass is 16.5. The van der Waals surface area contributed by atoms with Gasteiger partial charge in [-0.1, -0.05) is 19.8 Å². The fourth-order valence-electron chi connectivity index (χ4n) is 2.30. The maximum atomic E-state index is 5.82. The second kappa shape index (κ2) is 4.99. The number of hydrogen-bond donors (Lipinski definition) is 0. The van der Waals surface area contributed by atoms with Crippen molar-refractivity contribution < 1.29 is 4.74 Å². The van der Waals surface area contributed by atoms with Crippen LogP contribution in [0.2, 0.25) is 0 Å². The molecule has 1 saturated carbocycles. The van der Waals surface area contributed by atoms with E-state index in [0.29, 0.717) is 12.2 Å². The molecule has 1 heteroatoms. The third-order valence-electron chi connectivity index (χ3n) is 3.21. The predicted octanol–water partition coefficient (Wildman–Crippen LogP) is 3.63. The standard InChI is InChI=1S/C12H24O/c1-9(2)13-11(4)12-7-5-10(3)6-8-12/h9-12H,5-8H2,1-4H3/t10?,11-,12?/m0/s1. The lowest BCUT2D eigenvalue weighted by molar-refractivity contribution is -0.0271. The summed E-state index contributed by atoms with van der Waals surface area (Å²) >= 11 is 0. The molecule has 0 radical (unpaired) electrons. The predicted molar refractivity (Wildman–Crippen MR) is 56.8 cm³/mol. The summed E-state index contributed by atoms with van der Waals surface area (Å²) in [6.45, 7) is 8.86. The second-order valence-corrected chi connectivity index (χ2v) is 4.91. The zero-order chi connectivity index (χ0) is 9.84. The maximum absolute atomic E-state index is 5.82. The van der Waals surface area contributed by atoms with Crippen LogP contribution in [-0.4, -0.2) is 12.2 Å². The quantitative estimate of drug-likeness (QED) is 0.651. The lowest BCUT2D eigenvalue weighted by atomic mass is 9.80. The van der Waals surface area contributed by atoms with Gasteiger partial charge in [-0.15, -0.1) is 0 Å². The van der Waals surface area contributed by atoms with Crippen LogP contribution < -0.4 is 0 Å².